The van der Waals surface area contributed by atoms with Gasteiger partial charge in [0.25, 0.3) is 0 Å². The molecule has 0 aliphatic carbocycles. The predicted octanol–water partition coefficient (Wildman–Crippen LogP) is 3.12. The minimum atomic E-state index is -0.450. The van der Waals surface area contributed by atoms with Gasteiger partial charge in [-0.15, -0.1) is 0 Å². The highest BCUT2D eigenvalue weighted by atomic mass is 19.1. The summed E-state index contributed by atoms with van der Waals surface area (Å²) in [6.45, 7) is 9.56. The summed E-state index contributed by atoms with van der Waals surface area (Å²) in [6, 6.07) is 6.54. The molecule has 3 aliphatic heterocycles. The van der Waals surface area contributed by atoms with Crippen molar-refractivity contribution in [3.05, 3.63) is 58.7 Å². The third-order valence-corrected chi connectivity index (χ3v) is 6.61. The summed E-state index contributed by atoms with van der Waals surface area (Å²) < 4.78 is 13.3. The van der Waals surface area contributed by atoms with Gasteiger partial charge < -0.3 is 15.1 Å². The number of allylic oxidation sites excluding steroid dienone is 1. The molecule has 3 aliphatic rings. The Balaban J connectivity index is 1.46. The van der Waals surface area contributed by atoms with Crippen molar-refractivity contribution in [2.75, 3.05) is 19.6 Å². The molecule has 2 amide bonds. The minimum absolute atomic E-state index is 0.0135. The first-order valence-corrected chi connectivity index (χ1v) is 10.8. The lowest BCUT2D eigenvalue weighted by Gasteiger charge is -2.26. The zero-order chi connectivity index (χ0) is 22.2. The maximum Gasteiger partial charge on any atom is 0.249 e. The smallest absolute Gasteiger partial charge is 0.249 e. The Morgan fingerprint density at radius 3 is 2.71 bits per heavy atom. The standard InChI is InChI=1S/C24H29FN4O2/c1-16(23(31)28-12-10-20(15-28)29-11-4-5-21(29)30)13-17-14-24(2,27-22(17)26-3)18-6-8-19(25)9-7-18/h6-9,13,20,27H,3-5,10-12,14-15H2,1-2H3/b16-13+/t20-,24+/m0/s1. The molecule has 0 radical (unpaired) electrons. The van der Waals surface area contributed by atoms with Gasteiger partial charge in [-0.3, -0.25) is 9.59 Å². The number of likely N-dealkylation sites (tertiary alicyclic amines) is 2. The molecule has 164 valence electrons. The summed E-state index contributed by atoms with van der Waals surface area (Å²) in [5.41, 5.74) is 2.03. The highest BCUT2D eigenvalue weighted by Gasteiger charge is 2.37. The van der Waals surface area contributed by atoms with Crippen LogP contribution in [0.1, 0.15) is 45.1 Å². The number of amides is 2. The normalized spacial score (nSPS) is 26.6. The van der Waals surface area contributed by atoms with Gasteiger partial charge >= 0.3 is 0 Å². The Morgan fingerprint density at radius 1 is 1.32 bits per heavy atom. The van der Waals surface area contributed by atoms with Crippen LogP contribution in [-0.4, -0.2) is 54.0 Å². The lowest BCUT2D eigenvalue weighted by atomic mass is 9.88. The number of benzene rings is 1. The number of rotatable bonds is 5. The molecular weight excluding hydrogens is 395 g/mol. The number of hydrogen-bond donors (Lipinski definition) is 1. The fourth-order valence-corrected chi connectivity index (χ4v) is 4.91. The van der Waals surface area contributed by atoms with Gasteiger partial charge in [0.1, 0.15) is 11.6 Å². The van der Waals surface area contributed by atoms with Crippen LogP contribution >= 0.6 is 0 Å². The molecule has 2 atom stereocenters. The quantitative estimate of drug-likeness (QED) is 0.584. The summed E-state index contributed by atoms with van der Waals surface area (Å²) in [6.07, 6.45) is 4.85. The van der Waals surface area contributed by atoms with E-state index < -0.39 is 5.54 Å². The number of carbonyl (C=O) groups is 2. The second-order valence-corrected chi connectivity index (χ2v) is 8.88. The molecule has 3 heterocycles. The second-order valence-electron chi connectivity index (χ2n) is 8.88. The molecule has 1 N–H and O–H groups in total. The van der Waals surface area contributed by atoms with Crippen molar-refractivity contribution in [1.82, 2.24) is 15.1 Å². The first kappa shape index (κ1) is 21.3. The third kappa shape index (κ3) is 4.13. The SMILES string of the molecule is C=NC1=C(/C=C(\C)C(=O)N2CC[C@H](N3CCCC3=O)C2)C[C@](C)(c2ccc(F)cc2)N1. The second kappa shape index (κ2) is 8.29. The summed E-state index contributed by atoms with van der Waals surface area (Å²) in [5.74, 6) is 0.554. The number of nitrogens with one attached hydrogen (secondary N) is 1. The van der Waals surface area contributed by atoms with Gasteiger partial charge in [0.05, 0.1) is 11.6 Å². The van der Waals surface area contributed by atoms with Gasteiger partial charge in [0.2, 0.25) is 11.8 Å². The van der Waals surface area contributed by atoms with Crippen LogP contribution in [0.2, 0.25) is 0 Å². The molecule has 0 bridgehead atoms. The van der Waals surface area contributed by atoms with Gasteiger partial charge in [-0.1, -0.05) is 12.1 Å². The summed E-state index contributed by atoms with van der Waals surface area (Å²) in [7, 11) is 0. The molecule has 1 aromatic rings. The molecule has 2 fully saturated rings. The lowest BCUT2D eigenvalue weighted by molar-refractivity contribution is -0.131. The van der Waals surface area contributed by atoms with Crippen molar-refractivity contribution in [2.45, 2.75) is 51.1 Å². The zero-order valence-corrected chi connectivity index (χ0v) is 18.2. The van der Waals surface area contributed by atoms with Crippen LogP contribution in [0, 0.1) is 5.82 Å². The Bertz CT molecular complexity index is 968. The lowest BCUT2D eigenvalue weighted by Crippen LogP contribution is -2.39. The van der Waals surface area contributed by atoms with Crippen molar-refractivity contribution in [2.24, 2.45) is 4.99 Å². The first-order valence-electron chi connectivity index (χ1n) is 10.8. The van der Waals surface area contributed by atoms with Crippen LogP contribution in [-0.2, 0) is 15.1 Å². The van der Waals surface area contributed by atoms with E-state index in [0.29, 0.717) is 37.3 Å². The van der Waals surface area contributed by atoms with Crippen LogP contribution in [0.25, 0.3) is 0 Å². The third-order valence-electron chi connectivity index (χ3n) is 6.61. The van der Waals surface area contributed by atoms with E-state index >= 15 is 0 Å². The number of halogens is 1. The van der Waals surface area contributed by atoms with Crippen molar-refractivity contribution >= 4 is 18.5 Å². The van der Waals surface area contributed by atoms with Gasteiger partial charge in [-0.2, -0.15) is 0 Å². The molecule has 1 aromatic carbocycles. The van der Waals surface area contributed by atoms with E-state index in [1.54, 1.807) is 12.1 Å². The average molecular weight is 425 g/mol. The van der Waals surface area contributed by atoms with E-state index in [-0.39, 0.29) is 23.7 Å². The van der Waals surface area contributed by atoms with E-state index in [1.165, 1.54) is 12.1 Å². The summed E-state index contributed by atoms with van der Waals surface area (Å²) in [4.78, 5) is 33.0. The molecule has 6 nitrogen and oxygen atoms in total. The first-order chi connectivity index (χ1) is 14.8. The van der Waals surface area contributed by atoms with Crippen LogP contribution in [0.5, 0.6) is 0 Å². The van der Waals surface area contributed by atoms with Crippen LogP contribution < -0.4 is 5.32 Å². The molecule has 2 saturated heterocycles. The van der Waals surface area contributed by atoms with Crippen LogP contribution in [0.3, 0.4) is 0 Å². The zero-order valence-electron chi connectivity index (χ0n) is 18.2. The van der Waals surface area contributed by atoms with Gasteiger partial charge in [0, 0.05) is 38.0 Å². The van der Waals surface area contributed by atoms with E-state index in [1.807, 2.05) is 29.7 Å². The Kier molecular flexibility index (Phi) is 5.69. The average Bonchev–Trinajstić information content (AvgIpc) is 3.46. The molecular formula is C24H29FN4O2. The molecule has 0 spiro atoms. The van der Waals surface area contributed by atoms with Gasteiger partial charge in [-0.25, -0.2) is 9.38 Å². The summed E-state index contributed by atoms with van der Waals surface area (Å²) >= 11 is 0. The fourth-order valence-electron chi connectivity index (χ4n) is 4.91. The van der Waals surface area contributed by atoms with E-state index in [4.69, 9.17) is 0 Å². The van der Waals surface area contributed by atoms with E-state index in [9.17, 15) is 14.0 Å². The van der Waals surface area contributed by atoms with Crippen molar-refractivity contribution in [3.8, 4) is 0 Å². The Hall–Kier alpha value is -2.96. The largest absolute Gasteiger partial charge is 0.360 e. The number of carbonyl (C=O) groups excluding carboxylic acids is 2. The monoisotopic (exact) mass is 424 g/mol. The number of aliphatic imine (C=N–C) groups is 1. The molecule has 31 heavy (non-hydrogen) atoms. The highest BCUT2D eigenvalue weighted by Crippen LogP contribution is 2.37. The Morgan fingerprint density at radius 2 is 2.06 bits per heavy atom. The number of nitrogens with zero attached hydrogens (tertiary/aromatic N) is 3. The molecule has 4 rings (SSSR count). The van der Waals surface area contributed by atoms with E-state index in [0.717, 1.165) is 30.5 Å². The van der Waals surface area contributed by atoms with Crippen molar-refractivity contribution in [1.29, 1.82) is 0 Å². The minimum Gasteiger partial charge on any atom is -0.360 e. The molecule has 0 saturated carbocycles. The topological polar surface area (TPSA) is 65.0 Å². The van der Waals surface area contributed by atoms with Crippen LogP contribution in [0.15, 0.2) is 52.3 Å². The molecule has 7 heteroatoms. The van der Waals surface area contributed by atoms with Crippen LogP contribution in [0.4, 0.5) is 4.39 Å². The molecule has 0 unspecified atom stereocenters. The highest BCUT2D eigenvalue weighted by molar-refractivity contribution is 5.93. The van der Waals surface area contributed by atoms with Crippen molar-refractivity contribution < 1.29 is 14.0 Å². The maximum absolute atomic E-state index is 13.3. The summed E-state index contributed by atoms with van der Waals surface area (Å²) in [5, 5.41) is 3.38. The van der Waals surface area contributed by atoms with Crippen molar-refractivity contribution in [3.63, 3.8) is 0 Å². The van der Waals surface area contributed by atoms with Gasteiger partial charge in [0.15, 0.2) is 0 Å². The van der Waals surface area contributed by atoms with E-state index in [2.05, 4.69) is 17.0 Å². The predicted molar refractivity (Wildman–Crippen MR) is 118 cm³/mol. The van der Waals surface area contributed by atoms with Gasteiger partial charge in [-0.05, 0) is 62.8 Å². The maximum atomic E-state index is 13.3. The Labute approximate surface area is 182 Å². The number of hydrogen-bond acceptors (Lipinski definition) is 4. The molecule has 0 aromatic heterocycles. The fraction of sp³-hybridized carbons (Fsp3) is 0.458.